The van der Waals surface area contributed by atoms with Gasteiger partial charge in [0.15, 0.2) is 18.6 Å². The third kappa shape index (κ3) is 4.48. The summed E-state index contributed by atoms with van der Waals surface area (Å²) in [5.74, 6) is -0.702. The molecule has 23 heavy (non-hydrogen) atoms. The average molecular weight is 378 g/mol. The molecule has 5 heteroatoms. The lowest BCUT2D eigenvalue weighted by Crippen LogP contribution is -2.35. The molecule has 0 aromatic heterocycles. The second-order valence-corrected chi connectivity index (χ2v) is 6.09. The maximum atomic E-state index is 13.5. The first-order valence-electron chi connectivity index (χ1n) is 6.96. The SMILES string of the molecule is [CH2][C@H](Br)[C@@H](OC(=O)c1ccc(-c2ccccc2)cc1)[C@H](F)C=O. The van der Waals surface area contributed by atoms with Crippen molar-refractivity contribution in [2.75, 3.05) is 0 Å². The minimum absolute atomic E-state index is 0.0931. The van der Waals surface area contributed by atoms with Crippen molar-refractivity contribution in [3.8, 4) is 11.1 Å². The van der Waals surface area contributed by atoms with E-state index in [1.54, 1.807) is 24.3 Å². The van der Waals surface area contributed by atoms with E-state index in [1.807, 2.05) is 30.3 Å². The summed E-state index contributed by atoms with van der Waals surface area (Å²) in [6, 6.07) is 16.4. The topological polar surface area (TPSA) is 43.4 Å². The fourth-order valence-corrected chi connectivity index (χ4v) is 2.44. The number of alkyl halides is 2. The van der Waals surface area contributed by atoms with Crippen LogP contribution in [0.3, 0.4) is 0 Å². The van der Waals surface area contributed by atoms with Gasteiger partial charge in [-0.3, -0.25) is 4.79 Å². The molecule has 1 radical (unpaired) electrons. The minimum atomic E-state index is -1.93. The molecular formula is C18H15BrFO3. The Bertz CT molecular complexity index is 656. The van der Waals surface area contributed by atoms with E-state index in [9.17, 15) is 14.0 Å². The Morgan fingerprint density at radius 3 is 2.17 bits per heavy atom. The van der Waals surface area contributed by atoms with Gasteiger partial charge in [-0.2, -0.15) is 0 Å². The van der Waals surface area contributed by atoms with Crippen LogP contribution in [-0.4, -0.2) is 29.4 Å². The first kappa shape index (κ1) is 17.3. The van der Waals surface area contributed by atoms with Gasteiger partial charge in [0.1, 0.15) is 0 Å². The highest BCUT2D eigenvalue weighted by Crippen LogP contribution is 2.21. The molecule has 3 nitrogen and oxygen atoms in total. The number of esters is 1. The first-order valence-corrected chi connectivity index (χ1v) is 7.87. The molecule has 0 aliphatic carbocycles. The molecule has 0 unspecified atom stereocenters. The summed E-state index contributed by atoms with van der Waals surface area (Å²) >= 11 is 3.04. The van der Waals surface area contributed by atoms with Gasteiger partial charge in [-0.15, -0.1) is 0 Å². The number of hydrogen-bond donors (Lipinski definition) is 0. The lowest BCUT2D eigenvalue weighted by molar-refractivity contribution is -0.115. The molecule has 0 aliphatic heterocycles. The van der Waals surface area contributed by atoms with Crippen molar-refractivity contribution in [3.63, 3.8) is 0 Å². The van der Waals surface area contributed by atoms with Crippen LogP contribution in [-0.2, 0) is 9.53 Å². The van der Waals surface area contributed by atoms with Crippen LogP contribution in [0, 0.1) is 6.92 Å². The van der Waals surface area contributed by atoms with Crippen LogP contribution in [0.4, 0.5) is 4.39 Å². The zero-order chi connectivity index (χ0) is 16.8. The van der Waals surface area contributed by atoms with E-state index in [4.69, 9.17) is 4.74 Å². The summed E-state index contributed by atoms with van der Waals surface area (Å²) in [6.07, 6.45) is -3.10. The van der Waals surface area contributed by atoms with Gasteiger partial charge >= 0.3 is 5.97 Å². The molecule has 0 bridgehead atoms. The molecule has 0 N–H and O–H groups in total. The van der Waals surface area contributed by atoms with E-state index in [0.29, 0.717) is 0 Å². The number of carbonyl (C=O) groups excluding carboxylic acids is 2. The second-order valence-electron chi connectivity index (χ2n) is 4.91. The van der Waals surface area contributed by atoms with E-state index < -0.39 is 23.1 Å². The predicted octanol–water partition coefficient (Wildman–Crippen LogP) is 4.01. The molecule has 0 heterocycles. The number of aldehydes is 1. The Labute approximate surface area is 142 Å². The number of rotatable bonds is 6. The molecule has 2 aromatic carbocycles. The quantitative estimate of drug-likeness (QED) is 0.433. The number of carbonyl (C=O) groups is 2. The molecule has 2 rings (SSSR count). The molecule has 3 atom stereocenters. The molecular weight excluding hydrogens is 363 g/mol. The molecule has 0 aliphatic rings. The van der Waals surface area contributed by atoms with Gasteiger partial charge in [-0.05, 0) is 30.2 Å². The highest BCUT2D eigenvalue weighted by Gasteiger charge is 2.29. The number of hydrogen-bond acceptors (Lipinski definition) is 3. The maximum Gasteiger partial charge on any atom is 0.338 e. The van der Waals surface area contributed by atoms with E-state index in [-0.39, 0.29) is 11.8 Å². The molecule has 0 fully saturated rings. The van der Waals surface area contributed by atoms with Gasteiger partial charge in [0.2, 0.25) is 0 Å². The second kappa shape index (κ2) is 8.02. The highest BCUT2D eigenvalue weighted by atomic mass is 79.9. The van der Waals surface area contributed by atoms with Crippen molar-refractivity contribution >= 4 is 28.2 Å². The summed E-state index contributed by atoms with van der Waals surface area (Å²) in [5.41, 5.74) is 2.25. The lowest BCUT2D eigenvalue weighted by Gasteiger charge is -2.20. The summed E-state index contributed by atoms with van der Waals surface area (Å²) in [4.78, 5) is 21.9. The van der Waals surface area contributed by atoms with Crippen LogP contribution in [0.5, 0.6) is 0 Å². The lowest BCUT2D eigenvalue weighted by atomic mass is 10.0. The number of halogens is 2. The third-order valence-corrected chi connectivity index (χ3v) is 3.79. The van der Waals surface area contributed by atoms with Crippen molar-refractivity contribution in [1.29, 1.82) is 0 Å². The Kier molecular flexibility index (Phi) is 6.04. The monoisotopic (exact) mass is 377 g/mol. The Balaban J connectivity index is 2.12. The third-order valence-electron chi connectivity index (χ3n) is 3.27. The van der Waals surface area contributed by atoms with E-state index >= 15 is 0 Å². The molecule has 0 saturated heterocycles. The van der Waals surface area contributed by atoms with Crippen molar-refractivity contribution in [1.82, 2.24) is 0 Å². The molecule has 0 saturated carbocycles. The van der Waals surface area contributed by atoms with Crippen LogP contribution >= 0.6 is 15.9 Å². The fourth-order valence-electron chi connectivity index (χ4n) is 2.04. The van der Waals surface area contributed by atoms with Crippen LogP contribution < -0.4 is 0 Å². The molecule has 119 valence electrons. The van der Waals surface area contributed by atoms with Crippen LogP contribution in [0.2, 0.25) is 0 Å². The molecule has 0 amide bonds. The van der Waals surface area contributed by atoms with Crippen molar-refractivity contribution < 1.29 is 18.7 Å². The average Bonchev–Trinajstić information content (AvgIpc) is 2.59. The van der Waals surface area contributed by atoms with Crippen molar-refractivity contribution in [3.05, 3.63) is 67.1 Å². The fraction of sp³-hybridized carbons (Fsp3) is 0.167. The molecule has 0 spiro atoms. The summed E-state index contributed by atoms with van der Waals surface area (Å²) in [7, 11) is 0. The zero-order valence-electron chi connectivity index (χ0n) is 12.2. The predicted molar refractivity (Wildman–Crippen MR) is 90.1 cm³/mol. The Hall–Kier alpha value is -2.01. The standard InChI is InChI=1S/C18H15BrFO3/c1-12(19)17(16(20)11-21)23-18(22)15-9-7-14(8-10-15)13-5-3-2-4-6-13/h2-12,16-17H,1H2/t12-,16+,17+/m0/s1. The smallest absolute Gasteiger partial charge is 0.338 e. The first-order chi connectivity index (χ1) is 11.0. The van der Waals surface area contributed by atoms with E-state index in [2.05, 4.69) is 22.9 Å². The normalized spacial score (nSPS) is 14.6. The van der Waals surface area contributed by atoms with Crippen LogP contribution in [0.25, 0.3) is 11.1 Å². The number of benzene rings is 2. The summed E-state index contributed by atoms with van der Waals surface area (Å²) in [5, 5.41) is 0. The zero-order valence-corrected chi connectivity index (χ0v) is 13.8. The largest absolute Gasteiger partial charge is 0.454 e. The maximum absolute atomic E-state index is 13.5. The van der Waals surface area contributed by atoms with Crippen molar-refractivity contribution in [2.45, 2.75) is 17.1 Å². The van der Waals surface area contributed by atoms with E-state index in [0.717, 1.165) is 11.1 Å². The van der Waals surface area contributed by atoms with Gasteiger partial charge in [0.05, 0.1) is 10.4 Å². The Morgan fingerprint density at radius 2 is 1.65 bits per heavy atom. The number of ether oxygens (including phenoxy) is 1. The van der Waals surface area contributed by atoms with Gasteiger partial charge in [-0.25, -0.2) is 9.18 Å². The van der Waals surface area contributed by atoms with Crippen molar-refractivity contribution in [2.24, 2.45) is 0 Å². The van der Waals surface area contributed by atoms with Gasteiger partial charge in [0.25, 0.3) is 0 Å². The minimum Gasteiger partial charge on any atom is -0.454 e. The summed E-state index contributed by atoms with van der Waals surface area (Å²) in [6.45, 7) is 3.55. The molecule has 2 aromatic rings. The Morgan fingerprint density at radius 1 is 1.09 bits per heavy atom. The highest BCUT2D eigenvalue weighted by molar-refractivity contribution is 9.09. The van der Waals surface area contributed by atoms with E-state index in [1.165, 1.54) is 0 Å². The van der Waals surface area contributed by atoms with Crippen LogP contribution in [0.15, 0.2) is 54.6 Å². The van der Waals surface area contributed by atoms with Gasteiger partial charge in [0, 0.05) is 0 Å². The van der Waals surface area contributed by atoms with Gasteiger partial charge in [-0.1, -0.05) is 58.4 Å². The van der Waals surface area contributed by atoms with Gasteiger partial charge < -0.3 is 4.74 Å². The summed E-state index contributed by atoms with van der Waals surface area (Å²) < 4.78 is 18.5. The van der Waals surface area contributed by atoms with Crippen LogP contribution in [0.1, 0.15) is 10.4 Å².